The first-order valence-corrected chi connectivity index (χ1v) is 8.13. The van der Waals surface area contributed by atoms with Gasteiger partial charge in [0.2, 0.25) is 0 Å². The highest BCUT2D eigenvalue weighted by Crippen LogP contribution is 2.20. The number of hydrogen-bond acceptors (Lipinski definition) is 4. The third kappa shape index (κ3) is 3.25. The number of piperidine rings is 1. The molecular formula is C15H19ClN4OS. The van der Waals surface area contributed by atoms with Crippen LogP contribution in [0, 0.1) is 4.77 Å². The van der Waals surface area contributed by atoms with Crippen molar-refractivity contribution in [3.63, 3.8) is 0 Å². The van der Waals surface area contributed by atoms with E-state index in [9.17, 15) is 5.11 Å². The number of aliphatic hydroxyl groups excluding tert-OH is 1. The zero-order valence-electron chi connectivity index (χ0n) is 12.4. The third-order valence-electron chi connectivity index (χ3n) is 3.96. The van der Waals surface area contributed by atoms with E-state index >= 15 is 0 Å². The Morgan fingerprint density at radius 2 is 2.09 bits per heavy atom. The molecule has 5 nitrogen and oxygen atoms in total. The van der Waals surface area contributed by atoms with Gasteiger partial charge in [-0.15, -0.1) is 0 Å². The summed E-state index contributed by atoms with van der Waals surface area (Å²) in [5.41, 5.74) is 0.982. The molecule has 3 rings (SSSR count). The lowest BCUT2D eigenvalue weighted by atomic mass is 10.1. The summed E-state index contributed by atoms with van der Waals surface area (Å²) >= 11 is 11.4. The molecule has 1 aliphatic heterocycles. The minimum atomic E-state index is -0.248. The second kappa shape index (κ2) is 6.50. The van der Waals surface area contributed by atoms with Crippen molar-refractivity contribution in [2.24, 2.45) is 7.05 Å². The second-order valence-corrected chi connectivity index (χ2v) is 6.49. The standard InChI is InChI=1S/C15H19ClN4OS/c1-18-14(11-4-6-12(16)7-5-11)17-20(15(18)22)10-19-8-2-3-13(21)9-19/h4-7,13,21H,2-3,8-10H2,1H3/t13-/m0/s1. The maximum Gasteiger partial charge on any atom is 0.199 e. The summed E-state index contributed by atoms with van der Waals surface area (Å²) in [4.78, 5) is 2.18. The molecule has 1 saturated heterocycles. The lowest BCUT2D eigenvalue weighted by Crippen LogP contribution is -2.39. The van der Waals surface area contributed by atoms with Gasteiger partial charge in [0, 0.05) is 30.7 Å². The third-order valence-corrected chi connectivity index (χ3v) is 4.69. The highest BCUT2D eigenvalue weighted by molar-refractivity contribution is 7.71. The molecule has 0 unspecified atom stereocenters. The van der Waals surface area contributed by atoms with Crippen LogP contribution in [0.2, 0.25) is 5.02 Å². The van der Waals surface area contributed by atoms with Crippen LogP contribution in [0.3, 0.4) is 0 Å². The first-order valence-electron chi connectivity index (χ1n) is 7.35. The van der Waals surface area contributed by atoms with E-state index in [1.807, 2.05) is 40.6 Å². The second-order valence-electron chi connectivity index (χ2n) is 5.69. The van der Waals surface area contributed by atoms with Gasteiger partial charge in [-0.1, -0.05) is 11.6 Å². The number of aromatic nitrogens is 3. The number of rotatable bonds is 3. The van der Waals surface area contributed by atoms with E-state index in [2.05, 4.69) is 10.00 Å². The van der Waals surface area contributed by atoms with E-state index < -0.39 is 0 Å². The number of aliphatic hydroxyl groups is 1. The SMILES string of the molecule is Cn1c(-c2ccc(Cl)cc2)nn(CN2CCC[C@H](O)C2)c1=S. The molecule has 1 N–H and O–H groups in total. The quantitative estimate of drug-likeness (QED) is 0.874. The number of nitrogens with zero attached hydrogens (tertiary/aromatic N) is 4. The maximum atomic E-state index is 9.78. The smallest absolute Gasteiger partial charge is 0.199 e. The summed E-state index contributed by atoms with van der Waals surface area (Å²) in [5, 5.41) is 15.1. The fourth-order valence-electron chi connectivity index (χ4n) is 2.78. The normalized spacial score (nSPS) is 19.5. The Bertz CT molecular complexity index is 709. The fraction of sp³-hybridized carbons (Fsp3) is 0.467. The monoisotopic (exact) mass is 338 g/mol. The van der Waals surface area contributed by atoms with Crippen molar-refractivity contribution in [2.45, 2.75) is 25.6 Å². The van der Waals surface area contributed by atoms with Crippen molar-refractivity contribution in [3.8, 4) is 11.4 Å². The van der Waals surface area contributed by atoms with Gasteiger partial charge >= 0.3 is 0 Å². The van der Waals surface area contributed by atoms with Gasteiger partial charge < -0.3 is 9.67 Å². The van der Waals surface area contributed by atoms with Crippen LogP contribution in [0.4, 0.5) is 0 Å². The summed E-state index contributed by atoms with van der Waals surface area (Å²) < 4.78 is 4.39. The molecule has 2 heterocycles. The van der Waals surface area contributed by atoms with Crippen LogP contribution in [0.25, 0.3) is 11.4 Å². The van der Waals surface area contributed by atoms with Gasteiger partial charge in [-0.2, -0.15) is 5.10 Å². The van der Waals surface area contributed by atoms with E-state index in [4.69, 9.17) is 23.8 Å². The summed E-state index contributed by atoms with van der Waals surface area (Å²) in [7, 11) is 1.92. The minimum Gasteiger partial charge on any atom is -0.392 e. The van der Waals surface area contributed by atoms with Gasteiger partial charge in [0.25, 0.3) is 0 Å². The Balaban J connectivity index is 1.86. The van der Waals surface area contributed by atoms with Crippen molar-refractivity contribution in [2.75, 3.05) is 13.1 Å². The van der Waals surface area contributed by atoms with Crippen molar-refractivity contribution in [3.05, 3.63) is 34.1 Å². The first kappa shape index (κ1) is 15.7. The largest absolute Gasteiger partial charge is 0.392 e. The average molecular weight is 339 g/mol. The Kier molecular flexibility index (Phi) is 4.63. The van der Waals surface area contributed by atoms with Crippen molar-refractivity contribution >= 4 is 23.8 Å². The number of benzene rings is 1. The van der Waals surface area contributed by atoms with E-state index in [1.54, 1.807) is 0 Å². The molecule has 1 aromatic carbocycles. The Labute approximate surface area is 139 Å². The Morgan fingerprint density at radius 1 is 1.36 bits per heavy atom. The van der Waals surface area contributed by atoms with Crippen LogP contribution in [-0.2, 0) is 13.7 Å². The molecule has 1 aromatic heterocycles. The van der Waals surface area contributed by atoms with Crippen LogP contribution in [0.1, 0.15) is 12.8 Å². The molecule has 0 radical (unpaired) electrons. The van der Waals surface area contributed by atoms with Crippen LogP contribution < -0.4 is 0 Å². The van der Waals surface area contributed by atoms with E-state index in [1.165, 1.54) is 0 Å². The first-order chi connectivity index (χ1) is 10.5. The number of halogens is 1. The highest BCUT2D eigenvalue weighted by Gasteiger charge is 2.19. The molecule has 7 heteroatoms. The van der Waals surface area contributed by atoms with Gasteiger partial charge in [-0.3, -0.25) is 4.90 Å². The predicted molar refractivity (Wildman–Crippen MR) is 89.3 cm³/mol. The molecule has 1 aliphatic rings. The van der Waals surface area contributed by atoms with E-state index in [-0.39, 0.29) is 6.10 Å². The van der Waals surface area contributed by atoms with Crippen molar-refractivity contribution in [1.29, 1.82) is 0 Å². The molecule has 0 spiro atoms. The molecule has 2 aromatic rings. The summed E-state index contributed by atoms with van der Waals surface area (Å²) in [6.45, 7) is 2.25. The average Bonchev–Trinajstić information content (AvgIpc) is 2.77. The number of likely N-dealkylation sites (tertiary alicyclic amines) is 1. The molecule has 1 fully saturated rings. The van der Waals surface area contributed by atoms with Gasteiger partial charge in [0.05, 0.1) is 12.8 Å². The fourth-order valence-corrected chi connectivity index (χ4v) is 3.09. The van der Waals surface area contributed by atoms with Gasteiger partial charge in [-0.25, -0.2) is 4.68 Å². The summed E-state index contributed by atoms with van der Waals surface area (Å²) in [6, 6.07) is 7.57. The van der Waals surface area contributed by atoms with Gasteiger partial charge in [0.15, 0.2) is 10.6 Å². The summed E-state index contributed by atoms with van der Waals surface area (Å²) in [5.74, 6) is 0.819. The molecule has 0 aliphatic carbocycles. The lowest BCUT2D eigenvalue weighted by molar-refractivity contribution is 0.0513. The minimum absolute atomic E-state index is 0.248. The zero-order chi connectivity index (χ0) is 15.7. The zero-order valence-corrected chi connectivity index (χ0v) is 14.0. The highest BCUT2D eigenvalue weighted by atomic mass is 35.5. The van der Waals surface area contributed by atoms with Gasteiger partial charge in [0.1, 0.15) is 0 Å². The van der Waals surface area contributed by atoms with E-state index in [0.29, 0.717) is 23.0 Å². The number of β-amino-alcohol motifs (C(OH)–C–C–N with tert-alkyl or cyclic N) is 1. The molecule has 0 saturated carbocycles. The lowest BCUT2D eigenvalue weighted by Gasteiger charge is -2.29. The number of hydrogen-bond donors (Lipinski definition) is 1. The molecule has 22 heavy (non-hydrogen) atoms. The van der Waals surface area contributed by atoms with Crippen molar-refractivity contribution < 1.29 is 5.11 Å². The van der Waals surface area contributed by atoms with Crippen LogP contribution in [0.15, 0.2) is 24.3 Å². The Morgan fingerprint density at radius 3 is 2.77 bits per heavy atom. The molecule has 1 atom stereocenters. The molecule has 118 valence electrons. The van der Waals surface area contributed by atoms with Crippen LogP contribution in [-0.4, -0.2) is 43.5 Å². The van der Waals surface area contributed by atoms with E-state index in [0.717, 1.165) is 30.8 Å². The van der Waals surface area contributed by atoms with Crippen molar-refractivity contribution in [1.82, 2.24) is 19.2 Å². The molecular weight excluding hydrogens is 320 g/mol. The molecule has 0 amide bonds. The maximum absolute atomic E-state index is 9.78. The van der Waals surface area contributed by atoms with Crippen LogP contribution in [0.5, 0.6) is 0 Å². The topological polar surface area (TPSA) is 46.2 Å². The summed E-state index contributed by atoms with van der Waals surface area (Å²) in [6.07, 6.45) is 1.63. The Hall–Kier alpha value is -1.21. The van der Waals surface area contributed by atoms with Crippen LogP contribution >= 0.6 is 23.8 Å². The molecule has 0 bridgehead atoms. The van der Waals surface area contributed by atoms with Gasteiger partial charge in [-0.05, 0) is 49.3 Å². The predicted octanol–water partition coefficient (Wildman–Crippen LogP) is 2.69.